The Bertz CT molecular complexity index is 1060. The molecule has 3 rings (SSSR count). The number of rotatable bonds is 4. The van der Waals surface area contributed by atoms with Crippen molar-refractivity contribution >= 4 is 43.2 Å². The Labute approximate surface area is 144 Å². The Morgan fingerprint density at radius 1 is 1.33 bits per heavy atom. The van der Waals surface area contributed by atoms with Crippen molar-refractivity contribution in [3.8, 4) is 0 Å². The fraction of sp³-hybridized carbons (Fsp3) is 0.0769. The molecule has 0 aliphatic heterocycles. The van der Waals surface area contributed by atoms with Gasteiger partial charge in [0.05, 0.1) is 9.82 Å². The molecule has 0 bridgehead atoms. The molecule has 1 aromatic carbocycles. The highest BCUT2D eigenvalue weighted by Crippen LogP contribution is 2.26. The molecule has 1 N–H and O–H groups in total. The predicted octanol–water partition coefficient (Wildman–Crippen LogP) is 2.51. The van der Waals surface area contributed by atoms with Gasteiger partial charge in [-0.1, -0.05) is 22.0 Å². The summed E-state index contributed by atoms with van der Waals surface area (Å²) < 4.78 is 29.4. The molecule has 2 aromatic heterocycles. The summed E-state index contributed by atoms with van der Waals surface area (Å²) in [6, 6.07) is 7.24. The van der Waals surface area contributed by atoms with Gasteiger partial charge in [0.2, 0.25) is 0 Å². The molecule has 3 aromatic rings. The maximum absolute atomic E-state index is 12.5. The smallest absolute Gasteiger partial charge is 0.258 e. The first kappa shape index (κ1) is 16.3. The van der Waals surface area contributed by atoms with Gasteiger partial charge in [-0.25, -0.2) is 17.7 Å². The molecule has 24 heavy (non-hydrogen) atoms. The summed E-state index contributed by atoms with van der Waals surface area (Å²) >= 11 is 3.29. The zero-order valence-electron chi connectivity index (χ0n) is 12.2. The van der Waals surface area contributed by atoms with Gasteiger partial charge in [0, 0.05) is 22.3 Å². The van der Waals surface area contributed by atoms with Gasteiger partial charge in [0.25, 0.3) is 21.7 Å². The zero-order chi connectivity index (χ0) is 17.5. The molecular weight excluding hydrogens is 402 g/mol. The van der Waals surface area contributed by atoms with Gasteiger partial charge in [0.15, 0.2) is 5.65 Å². The molecule has 0 spiro atoms. The summed E-state index contributed by atoms with van der Waals surface area (Å²) in [5, 5.41) is 15.0. The Balaban J connectivity index is 2.01. The maximum atomic E-state index is 12.5. The van der Waals surface area contributed by atoms with E-state index in [4.69, 9.17) is 0 Å². The highest BCUT2D eigenvalue weighted by atomic mass is 79.9. The minimum atomic E-state index is -4.06. The first-order valence-corrected chi connectivity index (χ1v) is 8.84. The second-order valence-corrected chi connectivity index (χ2v) is 7.41. The lowest BCUT2D eigenvalue weighted by molar-refractivity contribution is -0.385. The lowest BCUT2D eigenvalue weighted by atomic mass is 10.2. The van der Waals surface area contributed by atoms with Crippen LogP contribution in [0.5, 0.6) is 0 Å². The summed E-state index contributed by atoms with van der Waals surface area (Å²) in [5.41, 5.74) is 0.212. The molecule has 11 heteroatoms. The van der Waals surface area contributed by atoms with Crippen molar-refractivity contribution in [2.75, 3.05) is 4.72 Å². The van der Waals surface area contributed by atoms with E-state index >= 15 is 0 Å². The van der Waals surface area contributed by atoms with E-state index in [0.717, 1.165) is 4.47 Å². The molecule has 0 saturated heterocycles. The molecule has 0 amide bonds. The lowest BCUT2D eigenvalue weighted by Gasteiger charge is -2.07. The number of nitro groups is 1. The van der Waals surface area contributed by atoms with E-state index in [1.807, 2.05) is 0 Å². The Hall–Kier alpha value is -2.53. The molecule has 0 aliphatic carbocycles. The largest absolute Gasteiger partial charge is 0.273 e. The summed E-state index contributed by atoms with van der Waals surface area (Å²) in [6.07, 6.45) is 1.61. The van der Waals surface area contributed by atoms with E-state index in [0.29, 0.717) is 5.65 Å². The summed E-state index contributed by atoms with van der Waals surface area (Å²) in [6.45, 7) is 1.38. The van der Waals surface area contributed by atoms with Crippen LogP contribution < -0.4 is 4.72 Å². The molecule has 0 aliphatic rings. The van der Waals surface area contributed by atoms with Crippen LogP contribution in [-0.4, -0.2) is 27.9 Å². The fourth-order valence-corrected chi connectivity index (χ4v) is 3.69. The van der Waals surface area contributed by atoms with Gasteiger partial charge in [-0.2, -0.15) is 4.98 Å². The average molecular weight is 412 g/mol. The van der Waals surface area contributed by atoms with Crippen LogP contribution in [0.3, 0.4) is 0 Å². The summed E-state index contributed by atoms with van der Waals surface area (Å²) in [7, 11) is -4.06. The number of fused-ring (bicyclic) bond motifs is 1. The molecule has 0 unspecified atom stereocenters. The van der Waals surface area contributed by atoms with Gasteiger partial charge in [-0.3, -0.25) is 10.1 Å². The number of benzene rings is 1. The highest BCUT2D eigenvalue weighted by molar-refractivity contribution is 9.10. The molecule has 0 fully saturated rings. The second-order valence-electron chi connectivity index (χ2n) is 4.85. The van der Waals surface area contributed by atoms with E-state index in [1.165, 1.54) is 29.6 Å². The molecule has 0 atom stereocenters. The summed E-state index contributed by atoms with van der Waals surface area (Å²) in [5.74, 6) is -0.126. The SMILES string of the molecule is Cc1c([N+](=O)[O-])cccc1S(=O)(=O)Nc1nc2cc(Br)ccn2n1. The quantitative estimate of drug-likeness (QED) is 0.520. The zero-order valence-corrected chi connectivity index (χ0v) is 14.6. The number of sulfonamides is 1. The maximum Gasteiger partial charge on any atom is 0.273 e. The van der Waals surface area contributed by atoms with Crippen LogP contribution >= 0.6 is 15.9 Å². The normalized spacial score (nSPS) is 11.6. The first-order chi connectivity index (χ1) is 11.3. The molecule has 0 radical (unpaired) electrons. The standard InChI is InChI=1S/C13H10BrN5O4S/c1-8-10(19(20)21)3-2-4-11(8)24(22,23)17-13-15-12-7-9(14)5-6-18(12)16-13/h2-7H,1H3,(H,16,17). The number of nitrogens with zero attached hydrogens (tertiary/aromatic N) is 4. The Morgan fingerprint density at radius 3 is 2.79 bits per heavy atom. The molecular formula is C13H10BrN5O4S. The van der Waals surface area contributed by atoms with Gasteiger partial charge in [0.1, 0.15) is 0 Å². The third-order valence-corrected chi connectivity index (χ3v) is 5.23. The van der Waals surface area contributed by atoms with Crippen LogP contribution in [0.25, 0.3) is 5.65 Å². The van der Waals surface area contributed by atoms with Crippen molar-refractivity contribution < 1.29 is 13.3 Å². The number of hydrogen-bond acceptors (Lipinski definition) is 6. The topological polar surface area (TPSA) is 120 Å². The van der Waals surface area contributed by atoms with Crippen LogP contribution in [0.15, 0.2) is 45.9 Å². The van der Waals surface area contributed by atoms with Crippen molar-refractivity contribution in [2.45, 2.75) is 11.8 Å². The third-order valence-electron chi connectivity index (χ3n) is 3.27. The molecule has 9 nitrogen and oxygen atoms in total. The van der Waals surface area contributed by atoms with E-state index in [2.05, 4.69) is 30.7 Å². The van der Waals surface area contributed by atoms with Crippen molar-refractivity contribution in [3.63, 3.8) is 0 Å². The molecule has 124 valence electrons. The van der Waals surface area contributed by atoms with E-state index in [9.17, 15) is 18.5 Å². The number of hydrogen-bond donors (Lipinski definition) is 1. The number of halogens is 1. The van der Waals surface area contributed by atoms with Crippen LogP contribution in [0.2, 0.25) is 0 Å². The van der Waals surface area contributed by atoms with E-state index < -0.39 is 14.9 Å². The third kappa shape index (κ3) is 2.95. The van der Waals surface area contributed by atoms with Crippen molar-refractivity contribution in [2.24, 2.45) is 0 Å². The second kappa shape index (κ2) is 5.83. The Morgan fingerprint density at radius 2 is 2.08 bits per heavy atom. The van der Waals surface area contributed by atoms with Crippen LogP contribution in [0.1, 0.15) is 5.56 Å². The van der Waals surface area contributed by atoms with E-state index in [1.54, 1.807) is 18.3 Å². The minimum absolute atomic E-state index is 0.0431. The van der Waals surface area contributed by atoms with Crippen LogP contribution in [0, 0.1) is 17.0 Å². The van der Waals surface area contributed by atoms with Gasteiger partial charge >= 0.3 is 0 Å². The van der Waals surface area contributed by atoms with Gasteiger partial charge in [-0.05, 0) is 25.1 Å². The lowest BCUT2D eigenvalue weighted by Crippen LogP contribution is -2.15. The number of nitrogens with one attached hydrogen (secondary N) is 1. The van der Waals surface area contributed by atoms with Crippen molar-refractivity contribution in [1.29, 1.82) is 0 Å². The molecule has 0 saturated carbocycles. The monoisotopic (exact) mass is 411 g/mol. The van der Waals surface area contributed by atoms with Gasteiger partial charge in [-0.15, -0.1) is 5.10 Å². The average Bonchev–Trinajstić information content (AvgIpc) is 2.87. The number of anilines is 1. The first-order valence-electron chi connectivity index (χ1n) is 6.57. The number of nitro benzene ring substituents is 1. The van der Waals surface area contributed by atoms with Crippen molar-refractivity contribution in [3.05, 3.63) is 56.7 Å². The minimum Gasteiger partial charge on any atom is -0.258 e. The van der Waals surface area contributed by atoms with Crippen LogP contribution in [-0.2, 0) is 10.0 Å². The Kier molecular flexibility index (Phi) is 3.97. The van der Waals surface area contributed by atoms with Crippen molar-refractivity contribution in [1.82, 2.24) is 14.6 Å². The predicted molar refractivity (Wildman–Crippen MR) is 89.3 cm³/mol. The van der Waals surface area contributed by atoms with Crippen LogP contribution in [0.4, 0.5) is 11.6 Å². The summed E-state index contributed by atoms with van der Waals surface area (Å²) in [4.78, 5) is 14.2. The number of aromatic nitrogens is 3. The van der Waals surface area contributed by atoms with Gasteiger partial charge < -0.3 is 0 Å². The van der Waals surface area contributed by atoms with E-state index in [-0.39, 0.29) is 22.1 Å². The molecule has 2 heterocycles. The fourth-order valence-electron chi connectivity index (χ4n) is 2.17. The number of pyridine rings is 1. The highest BCUT2D eigenvalue weighted by Gasteiger charge is 2.24.